The van der Waals surface area contributed by atoms with Crippen LogP contribution in [-0.2, 0) is 9.59 Å². The molecule has 0 aromatic rings. The minimum Gasteiger partial charge on any atom is -0.211 e. The van der Waals surface area contributed by atoms with Crippen LogP contribution in [0.15, 0.2) is 9.98 Å². The number of aliphatic imine (C=N–C) groups is 2. The molecule has 0 aromatic carbocycles. The molecule has 0 heterocycles. The smallest absolute Gasteiger partial charge is 0.211 e. The van der Waals surface area contributed by atoms with Gasteiger partial charge in [-0.2, -0.15) is 9.98 Å². The van der Waals surface area contributed by atoms with Crippen molar-refractivity contribution in [3.05, 3.63) is 0 Å². The Morgan fingerprint density at radius 2 is 2.00 bits per heavy atom. The van der Waals surface area contributed by atoms with Crippen molar-refractivity contribution in [1.29, 1.82) is 0 Å². The van der Waals surface area contributed by atoms with Crippen LogP contribution in [0.1, 0.15) is 40.0 Å². The Hall–Kier alpha value is -1.24. The maximum Gasteiger partial charge on any atom is 0.235 e. The van der Waals surface area contributed by atoms with Gasteiger partial charge in [0.15, 0.2) is 0 Å². The summed E-state index contributed by atoms with van der Waals surface area (Å²) in [6.45, 7) is 6.19. The van der Waals surface area contributed by atoms with Gasteiger partial charge in [0.05, 0.1) is 11.6 Å². The fourth-order valence-electron chi connectivity index (χ4n) is 2.40. The third-order valence-electron chi connectivity index (χ3n) is 3.72. The number of rotatable bonds is 3. The first-order chi connectivity index (χ1) is 7.53. The SMILES string of the molecule is CC(C)C1CCC(C)(N=C=O)C(N=C=O)C1. The Labute approximate surface area is 95.9 Å². The molecule has 1 aliphatic carbocycles. The average molecular weight is 222 g/mol. The molecule has 16 heavy (non-hydrogen) atoms. The summed E-state index contributed by atoms with van der Waals surface area (Å²) in [5, 5.41) is 0. The van der Waals surface area contributed by atoms with Gasteiger partial charge in [-0.05, 0) is 38.0 Å². The van der Waals surface area contributed by atoms with Crippen molar-refractivity contribution < 1.29 is 9.59 Å². The van der Waals surface area contributed by atoms with Crippen LogP contribution >= 0.6 is 0 Å². The van der Waals surface area contributed by atoms with E-state index in [2.05, 4.69) is 23.8 Å². The first-order valence-corrected chi connectivity index (χ1v) is 5.69. The van der Waals surface area contributed by atoms with Gasteiger partial charge < -0.3 is 0 Å². The van der Waals surface area contributed by atoms with E-state index in [1.54, 1.807) is 12.2 Å². The third-order valence-corrected chi connectivity index (χ3v) is 3.72. The Morgan fingerprint density at radius 3 is 2.50 bits per heavy atom. The number of hydrogen-bond donors (Lipinski definition) is 0. The molecule has 4 heteroatoms. The van der Waals surface area contributed by atoms with Crippen molar-refractivity contribution >= 4 is 12.2 Å². The fourth-order valence-corrected chi connectivity index (χ4v) is 2.40. The topological polar surface area (TPSA) is 58.9 Å². The molecular formula is C12H18N2O2. The zero-order valence-electron chi connectivity index (χ0n) is 10.1. The van der Waals surface area contributed by atoms with E-state index in [4.69, 9.17) is 0 Å². The molecule has 1 saturated carbocycles. The molecule has 0 N–H and O–H groups in total. The molecule has 0 spiro atoms. The maximum absolute atomic E-state index is 10.4. The Bertz CT molecular complexity index is 341. The van der Waals surface area contributed by atoms with Crippen LogP contribution in [0.3, 0.4) is 0 Å². The minimum atomic E-state index is -0.565. The van der Waals surface area contributed by atoms with Crippen molar-refractivity contribution in [3.63, 3.8) is 0 Å². The van der Waals surface area contributed by atoms with Crippen molar-refractivity contribution in [3.8, 4) is 0 Å². The van der Waals surface area contributed by atoms with E-state index in [1.807, 2.05) is 6.92 Å². The summed E-state index contributed by atoms with van der Waals surface area (Å²) < 4.78 is 0. The predicted octanol–water partition coefficient (Wildman–Crippen LogP) is 2.24. The molecule has 0 bridgehead atoms. The van der Waals surface area contributed by atoms with Gasteiger partial charge in [-0.15, -0.1) is 0 Å². The number of nitrogens with zero attached hydrogens (tertiary/aromatic N) is 2. The van der Waals surface area contributed by atoms with Crippen LogP contribution in [0.5, 0.6) is 0 Å². The summed E-state index contributed by atoms with van der Waals surface area (Å²) in [6.07, 6.45) is 5.79. The molecular weight excluding hydrogens is 204 g/mol. The number of hydrogen-bond acceptors (Lipinski definition) is 4. The normalized spacial score (nSPS) is 34.0. The summed E-state index contributed by atoms with van der Waals surface area (Å²) in [5.41, 5.74) is -0.565. The maximum atomic E-state index is 10.4. The first-order valence-electron chi connectivity index (χ1n) is 5.69. The molecule has 3 atom stereocenters. The number of isocyanates is 2. The van der Waals surface area contributed by atoms with Crippen molar-refractivity contribution in [1.82, 2.24) is 0 Å². The van der Waals surface area contributed by atoms with Crippen LogP contribution in [-0.4, -0.2) is 23.7 Å². The zero-order valence-corrected chi connectivity index (χ0v) is 10.1. The first kappa shape index (κ1) is 12.8. The van der Waals surface area contributed by atoms with Gasteiger partial charge in [-0.1, -0.05) is 13.8 Å². The van der Waals surface area contributed by atoms with E-state index in [0.29, 0.717) is 11.8 Å². The minimum absolute atomic E-state index is 0.229. The average Bonchev–Trinajstić information content (AvgIpc) is 2.21. The van der Waals surface area contributed by atoms with E-state index >= 15 is 0 Å². The second-order valence-electron chi connectivity index (χ2n) is 5.07. The van der Waals surface area contributed by atoms with Gasteiger partial charge >= 0.3 is 0 Å². The van der Waals surface area contributed by atoms with E-state index < -0.39 is 5.54 Å². The van der Waals surface area contributed by atoms with Gasteiger partial charge in [-0.3, -0.25) is 0 Å². The van der Waals surface area contributed by atoms with E-state index in [9.17, 15) is 9.59 Å². The third kappa shape index (κ3) is 2.66. The molecule has 0 saturated heterocycles. The van der Waals surface area contributed by atoms with Gasteiger partial charge in [-0.25, -0.2) is 9.59 Å². The van der Waals surface area contributed by atoms with Crippen LogP contribution in [0, 0.1) is 11.8 Å². The molecule has 0 amide bonds. The highest BCUT2D eigenvalue weighted by atomic mass is 16.1. The second kappa shape index (κ2) is 5.20. The fraction of sp³-hybridized carbons (Fsp3) is 0.833. The van der Waals surface area contributed by atoms with Gasteiger partial charge in [0, 0.05) is 0 Å². The number of carbonyl (C=O) groups excluding carboxylic acids is 2. The summed E-state index contributed by atoms with van der Waals surface area (Å²) in [6, 6.07) is -0.229. The molecule has 1 aliphatic rings. The lowest BCUT2D eigenvalue weighted by atomic mass is 9.71. The van der Waals surface area contributed by atoms with Crippen LogP contribution in [0.4, 0.5) is 0 Å². The summed E-state index contributed by atoms with van der Waals surface area (Å²) in [5.74, 6) is 1.10. The standard InChI is InChI=1S/C12H18N2O2/c1-9(2)10-4-5-12(3,14-8-16)11(6-10)13-7-15/h9-11H,4-6H2,1-3H3. The van der Waals surface area contributed by atoms with Gasteiger partial charge in [0.1, 0.15) is 0 Å². The molecule has 88 valence electrons. The van der Waals surface area contributed by atoms with E-state index in [1.165, 1.54) is 0 Å². The van der Waals surface area contributed by atoms with Crippen LogP contribution in [0.2, 0.25) is 0 Å². The van der Waals surface area contributed by atoms with E-state index in [-0.39, 0.29) is 6.04 Å². The monoisotopic (exact) mass is 222 g/mol. The van der Waals surface area contributed by atoms with Crippen molar-refractivity contribution in [2.24, 2.45) is 21.8 Å². The van der Waals surface area contributed by atoms with E-state index in [0.717, 1.165) is 19.3 Å². The summed E-state index contributed by atoms with van der Waals surface area (Å²) in [4.78, 5) is 28.5. The summed E-state index contributed by atoms with van der Waals surface area (Å²) in [7, 11) is 0. The molecule has 0 aromatic heterocycles. The second-order valence-corrected chi connectivity index (χ2v) is 5.07. The Kier molecular flexibility index (Phi) is 4.17. The molecule has 3 unspecified atom stereocenters. The zero-order chi connectivity index (χ0) is 12.2. The van der Waals surface area contributed by atoms with Gasteiger partial charge in [0.2, 0.25) is 12.2 Å². The Morgan fingerprint density at radius 1 is 1.31 bits per heavy atom. The highest BCUT2D eigenvalue weighted by Crippen LogP contribution is 2.39. The van der Waals surface area contributed by atoms with Gasteiger partial charge in [0.25, 0.3) is 0 Å². The largest absolute Gasteiger partial charge is 0.235 e. The lowest BCUT2D eigenvalue weighted by Crippen LogP contribution is -2.43. The summed E-state index contributed by atoms with van der Waals surface area (Å²) >= 11 is 0. The predicted molar refractivity (Wildman–Crippen MR) is 60.6 cm³/mol. The van der Waals surface area contributed by atoms with Crippen LogP contribution in [0.25, 0.3) is 0 Å². The molecule has 1 rings (SSSR count). The quantitative estimate of drug-likeness (QED) is 0.543. The lowest BCUT2D eigenvalue weighted by molar-refractivity contribution is 0.181. The Balaban J connectivity index is 2.90. The van der Waals surface area contributed by atoms with Crippen molar-refractivity contribution in [2.45, 2.75) is 51.6 Å². The lowest BCUT2D eigenvalue weighted by Gasteiger charge is -2.39. The van der Waals surface area contributed by atoms with Crippen LogP contribution < -0.4 is 0 Å². The molecule has 1 fully saturated rings. The molecule has 4 nitrogen and oxygen atoms in total. The molecule has 0 radical (unpaired) electrons. The highest BCUT2D eigenvalue weighted by molar-refractivity contribution is 5.38. The highest BCUT2D eigenvalue weighted by Gasteiger charge is 2.41. The van der Waals surface area contributed by atoms with Crippen molar-refractivity contribution in [2.75, 3.05) is 0 Å². The molecule has 0 aliphatic heterocycles.